The van der Waals surface area contributed by atoms with Gasteiger partial charge in [0, 0.05) is 6.20 Å². The van der Waals surface area contributed by atoms with Gasteiger partial charge in [-0.1, -0.05) is 6.07 Å². The largest absolute Gasteiger partial charge is 0.481 e. The molecule has 0 saturated carbocycles. The normalized spacial score (nSPS) is 13.6. The highest BCUT2D eigenvalue weighted by Gasteiger charge is 2.36. The molecule has 3 N–H and O–H groups in total. The number of carboxylic acids is 1. The van der Waals surface area contributed by atoms with E-state index in [1.54, 1.807) is 38.2 Å². The molecular formula is C10H14N2O2. The molecule has 14 heavy (non-hydrogen) atoms. The molecule has 0 spiro atoms. The quantitative estimate of drug-likeness (QED) is 0.757. The van der Waals surface area contributed by atoms with Crippen LogP contribution in [0.3, 0.4) is 0 Å². The minimum atomic E-state index is -1.01. The predicted molar refractivity (Wildman–Crippen MR) is 52.6 cm³/mol. The zero-order valence-electron chi connectivity index (χ0n) is 8.27. The van der Waals surface area contributed by atoms with E-state index >= 15 is 0 Å². The fourth-order valence-electron chi connectivity index (χ4n) is 1.06. The second-order valence-electron chi connectivity index (χ2n) is 3.76. The first-order valence-electron chi connectivity index (χ1n) is 4.36. The van der Waals surface area contributed by atoms with E-state index in [0.29, 0.717) is 5.69 Å². The smallest absolute Gasteiger partial charge is 0.311 e. The molecule has 76 valence electrons. The minimum absolute atomic E-state index is 0.596. The summed E-state index contributed by atoms with van der Waals surface area (Å²) in [5.74, 6) is -0.921. The first kappa shape index (κ1) is 10.7. The van der Waals surface area contributed by atoms with Crippen LogP contribution in [0.25, 0.3) is 0 Å². The predicted octanol–water partition coefficient (Wildman–Crippen LogP) is 1.19. The average Bonchev–Trinajstić information content (AvgIpc) is 2.17. The Hall–Kier alpha value is -1.42. The van der Waals surface area contributed by atoms with Crippen LogP contribution >= 0.6 is 0 Å². The third kappa shape index (κ3) is 1.90. The number of pyridine rings is 1. The van der Waals surface area contributed by atoms with E-state index in [1.807, 2.05) is 0 Å². The lowest BCUT2D eigenvalue weighted by atomic mass is 9.83. The van der Waals surface area contributed by atoms with Gasteiger partial charge in [0.15, 0.2) is 0 Å². The second-order valence-corrected chi connectivity index (χ2v) is 3.76. The minimum Gasteiger partial charge on any atom is -0.481 e. The molecule has 4 nitrogen and oxygen atoms in total. The SMILES string of the molecule is CC(C)(C(=O)O)[C@@H](N)c1ccccn1. The summed E-state index contributed by atoms with van der Waals surface area (Å²) in [5, 5.41) is 8.97. The van der Waals surface area contributed by atoms with E-state index in [1.165, 1.54) is 0 Å². The maximum Gasteiger partial charge on any atom is 0.311 e. The zero-order chi connectivity index (χ0) is 10.8. The molecule has 0 unspecified atom stereocenters. The van der Waals surface area contributed by atoms with Crippen molar-refractivity contribution in [1.29, 1.82) is 0 Å². The number of hydrogen-bond acceptors (Lipinski definition) is 3. The number of hydrogen-bond donors (Lipinski definition) is 2. The van der Waals surface area contributed by atoms with Crippen LogP contribution in [0.2, 0.25) is 0 Å². The molecule has 1 aromatic rings. The van der Waals surface area contributed by atoms with Gasteiger partial charge in [-0.05, 0) is 26.0 Å². The number of carbonyl (C=O) groups is 1. The van der Waals surface area contributed by atoms with Gasteiger partial charge in [-0.25, -0.2) is 0 Å². The molecule has 1 atom stereocenters. The van der Waals surface area contributed by atoms with Crippen LogP contribution in [0.1, 0.15) is 25.6 Å². The lowest BCUT2D eigenvalue weighted by molar-refractivity contribution is -0.148. The molecule has 0 saturated heterocycles. The molecule has 0 fully saturated rings. The number of nitrogens with zero attached hydrogens (tertiary/aromatic N) is 1. The van der Waals surface area contributed by atoms with Gasteiger partial charge < -0.3 is 10.8 Å². The lowest BCUT2D eigenvalue weighted by Gasteiger charge is -2.26. The van der Waals surface area contributed by atoms with Gasteiger partial charge in [-0.15, -0.1) is 0 Å². The van der Waals surface area contributed by atoms with Crippen molar-refractivity contribution in [3.63, 3.8) is 0 Å². The summed E-state index contributed by atoms with van der Waals surface area (Å²) in [7, 11) is 0. The summed E-state index contributed by atoms with van der Waals surface area (Å²) in [5.41, 5.74) is 5.42. The summed E-state index contributed by atoms with van der Waals surface area (Å²) in [6.45, 7) is 3.18. The van der Waals surface area contributed by atoms with Crippen molar-refractivity contribution < 1.29 is 9.90 Å². The highest BCUT2D eigenvalue weighted by Crippen LogP contribution is 2.29. The van der Waals surface area contributed by atoms with Gasteiger partial charge in [-0.2, -0.15) is 0 Å². The Balaban J connectivity index is 2.96. The number of nitrogens with two attached hydrogens (primary N) is 1. The number of aliphatic carboxylic acids is 1. The molecule has 0 aromatic carbocycles. The Morgan fingerprint density at radius 3 is 2.64 bits per heavy atom. The van der Waals surface area contributed by atoms with Crippen molar-refractivity contribution in [2.75, 3.05) is 0 Å². The number of carboxylic acid groups (broad SMARTS) is 1. The highest BCUT2D eigenvalue weighted by atomic mass is 16.4. The van der Waals surface area contributed by atoms with Crippen molar-refractivity contribution in [1.82, 2.24) is 4.98 Å². The molecule has 1 rings (SSSR count). The molecule has 0 aliphatic carbocycles. The van der Waals surface area contributed by atoms with E-state index in [2.05, 4.69) is 4.98 Å². The molecular weight excluding hydrogens is 180 g/mol. The van der Waals surface area contributed by atoms with E-state index in [4.69, 9.17) is 10.8 Å². The highest BCUT2D eigenvalue weighted by molar-refractivity contribution is 5.74. The van der Waals surface area contributed by atoms with Gasteiger partial charge >= 0.3 is 5.97 Å². The molecule has 1 heterocycles. The van der Waals surface area contributed by atoms with Gasteiger partial charge in [-0.3, -0.25) is 9.78 Å². The topological polar surface area (TPSA) is 76.2 Å². The monoisotopic (exact) mass is 194 g/mol. The number of rotatable bonds is 3. The van der Waals surface area contributed by atoms with Crippen LogP contribution in [-0.2, 0) is 4.79 Å². The summed E-state index contributed by atoms with van der Waals surface area (Å²) < 4.78 is 0. The van der Waals surface area contributed by atoms with Crippen molar-refractivity contribution in [3.8, 4) is 0 Å². The summed E-state index contributed by atoms with van der Waals surface area (Å²) in [6.07, 6.45) is 1.60. The Kier molecular flexibility index (Phi) is 2.86. The van der Waals surface area contributed by atoms with Crippen LogP contribution in [0, 0.1) is 5.41 Å². The summed E-state index contributed by atoms with van der Waals surface area (Å²) >= 11 is 0. The van der Waals surface area contributed by atoms with Crippen molar-refractivity contribution in [2.24, 2.45) is 11.1 Å². The van der Waals surface area contributed by atoms with Crippen LogP contribution in [0.4, 0.5) is 0 Å². The Morgan fingerprint density at radius 1 is 1.57 bits per heavy atom. The third-order valence-corrected chi connectivity index (χ3v) is 2.34. The van der Waals surface area contributed by atoms with Crippen molar-refractivity contribution in [3.05, 3.63) is 30.1 Å². The van der Waals surface area contributed by atoms with Crippen molar-refractivity contribution >= 4 is 5.97 Å². The first-order valence-corrected chi connectivity index (χ1v) is 4.36. The van der Waals surface area contributed by atoms with Crippen LogP contribution in [0.5, 0.6) is 0 Å². The maximum absolute atomic E-state index is 10.9. The van der Waals surface area contributed by atoms with Gasteiger partial charge in [0.25, 0.3) is 0 Å². The fourth-order valence-corrected chi connectivity index (χ4v) is 1.06. The van der Waals surface area contributed by atoms with E-state index in [-0.39, 0.29) is 0 Å². The average molecular weight is 194 g/mol. The Morgan fingerprint density at radius 2 is 2.21 bits per heavy atom. The molecule has 4 heteroatoms. The Bertz CT molecular complexity index is 322. The number of aromatic nitrogens is 1. The van der Waals surface area contributed by atoms with Crippen LogP contribution in [0.15, 0.2) is 24.4 Å². The maximum atomic E-state index is 10.9. The fraction of sp³-hybridized carbons (Fsp3) is 0.400. The molecule has 0 radical (unpaired) electrons. The molecule has 0 aliphatic heterocycles. The van der Waals surface area contributed by atoms with Crippen LogP contribution in [-0.4, -0.2) is 16.1 Å². The van der Waals surface area contributed by atoms with E-state index < -0.39 is 17.4 Å². The van der Waals surface area contributed by atoms with Gasteiger partial charge in [0.05, 0.1) is 17.2 Å². The van der Waals surface area contributed by atoms with Crippen LogP contribution < -0.4 is 5.73 Å². The first-order chi connectivity index (χ1) is 6.46. The molecule has 1 aromatic heterocycles. The second kappa shape index (κ2) is 3.75. The zero-order valence-corrected chi connectivity index (χ0v) is 8.27. The summed E-state index contributed by atoms with van der Waals surface area (Å²) in [6, 6.07) is 4.70. The third-order valence-electron chi connectivity index (χ3n) is 2.34. The van der Waals surface area contributed by atoms with Gasteiger partial charge in [0.1, 0.15) is 0 Å². The lowest BCUT2D eigenvalue weighted by Crippen LogP contribution is -2.36. The van der Waals surface area contributed by atoms with Gasteiger partial charge in [0.2, 0.25) is 0 Å². The molecule has 0 amide bonds. The van der Waals surface area contributed by atoms with E-state index in [9.17, 15) is 4.79 Å². The standard InChI is InChI=1S/C10H14N2O2/c1-10(2,9(13)14)8(11)7-5-3-4-6-12-7/h3-6,8H,11H2,1-2H3,(H,13,14)/t8-/m0/s1. The van der Waals surface area contributed by atoms with E-state index in [0.717, 1.165) is 0 Å². The summed E-state index contributed by atoms with van der Waals surface area (Å²) in [4.78, 5) is 15.0. The van der Waals surface area contributed by atoms with Crippen molar-refractivity contribution in [2.45, 2.75) is 19.9 Å². The molecule has 0 aliphatic rings. The Labute approximate surface area is 82.8 Å². The molecule has 0 bridgehead atoms.